The van der Waals surface area contributed by atoms with Crippen LogP contribution in [0.15, 0.2) is 0 Å². The van der Waals surface area contributed by atoms with Crippen molar-refractivity contribution in [3.63, 3.8) is 0 Å². The van der Waals surface area contributed by atoms with Gasteiger partial charge in [-0.15, -0.1) is 0 Å². The topological polar surface area (TPSA) is 32.3 Å². The lowest BCUT2D eigenvalue weighted by Crippen LogP contribution is -2.48. The van der Waals surface area contributed by atoms with Crippen LogP contribution in [0.1, 0.15) is 85.5 Å². The van der Waals surface area contributed by atoms with E-state index in [1.165, 1.54) is 45.1 Å². The number of nitrogens with zero attached hydrogens (tertiary/aromatic N) is 1. The summed E-state index contributed by atoms with van der Waals surface area (Å²) in [6.45, 7) is 13.6. The summed E-state index contributed by atoms with van der Waals surface area (Å²) in [7, 11) is 0. The molecule has 1 aliphatic rings. The van der Waals surface area contributed by atoms with E-state index in [1.54, 1.807) is 0 Å². The summed E-state index contributed by atoms with van der Waals surface area (Å²) < 4.78 is 0. The fourth-order valence-electron chi connectivity index (χ4n) is 3.62. The maximum absolute atomic E-state index is 12.0. The van der Waals surface area contributed by atoms with Crippen LogP contribution in [0.25, 0.3) is 0 Å². The third kappa shape index (κ3) is 11.2. The van der Waals surface area contributed by atoms with Crippen molar-refractivity contribution in [1.82, 2.24) is 10.2 Å². The maximum atomic E-state index is 12.0. The summed E-state index contributed by atoms with van der Waals surface area (Å²) in [5.74, 6) is 1.90. The second-order valence-corrected chi connectivity index (χ2v) is 8.55. The number of Topliss-reactive ketones (excluding diaryl/α,β-unsaturated/α-hetero) is 1. The molecule has 1 rings (SSSR count). The zero-order chi connectivity index (χ0) is 17.8. The van der Waals surface area contributed by atoms with Gasteiger partial charge < -0.3 is 10.2 Å². The maximum Gasteiger partial charge on any atom is 0.133 e. The van der Waals surface area contributed by atoms with Gasteiger partial charge >= 0.3 is 0 Å². The van der Waals surface area contributed by atoms with Crippen molar-refractivity contribution in [2.45, 2.75) is 91.5 Å². The van der Waals surface area contributed by atoms with Crippen LogP contribution in [0.4, 0.5) is 0 Å². The van der Waals surface area contributed by atoms with Gasteiger partial charge in [0.1, 0.15) is 5.78 Å². The quantitative estimate of drug-likeness (QED) is 0.441. The first-order valence-electron chi connectivity index (χ1n) is 10.4. The van der Waals surface area contributed by atoms with Crippen molar-refractivity contribution in [2.24, 2.45) is 11.8 Å². The molecule has 0 spiro atoms. The zero-order valence-corrected chi connectivity index (χ0v) is 16.8. The van der Waals surface area contributed by atoms with Gasteiger partial charge in [-0.05, 0) is 31.2 Å². The summed E-state index contributed by atoms with van der Waals surface area (Å²) >= 11 is 0. The number of carbonyl (C=O) groups is 1. The van der Waals surface area contributed by atoms with Crippen molar-refractivity contribution < 1.29 is 4.79 Å². The van der Waals surface area contributed by atoms with Crippen LogP contribution in [-0.4, -0.2) is 42.9 Å². The minimum atomic E-state index is 0.504. The molecule has 0 aromatic carbocycles. The smallest absolute Gasteiger partial charge is 0.133 e. The van der Waals surface area contributed by atoms with Crippen molar-refractivity contribution >= 4 is 5.78 Å². The molecule has 1 heterocycles. The highest BCUT2D eigenvalue weighted by atomic mass is 16.1. The molecule has 0 aromatic heterocycles. The molecular formula is C21H42N2O. The molecule has 0 aliphatic carbocycles. The van der Waals surface area contributed by atoms with Crippen molar-refractivity contribution in [3.8, 4) is 0 Å². The molecule has 24 heavy (non-hydrogen) atoms. The van der Waals surface area contributed by atoms with E-state index in [0.717, 1.165) is 44.8 Å². The Balaban J connectivity index is 1.82. The first-order valence-corrected chi connectivity index (χ1v) is 10.4. The highest BCUT2D eigenvalue weighted by Gasteiger charge is 2.28. The van der Waals surface area contributed by atoms with Gasteiger partial charge in [0.05, 0.1) is 0 Å². The molecule has 0 bridgehead atoms. The van der Waals surface area contributed by atoms with Gasteiger partial charge in [-0.3, -0.25) is 4.79 Å². The predicted molar refractivity (Wildman–Crippen MR) is 104 cm³/mol. The Labute approximate surface area is 151 Å². The molecule has 0 amide bonds. The van der Waals surface area contributed by atoms with E-state index in [2.05, 4.69) is 37.9 Å². The summed E-state index contributed by atoms with van der Waals surface area (Å²) in [4.78, 5) is 14.5. The van der Waals surface area contributed by atoms with E-state index in [1.807, 2.05) is 0 Å². The molecule has 0 saturated carbocycles. The van der Waals surface area contributed by atoms with Crippen molar-refractivity contribution in [2.75, 3.05) is 26.2 Å². The molecule has 0 unspecified atom stereocenters. The van der Waals surface area contributed by atoms with Gasteiger partial charge in [0.2, 0.25) is 0 Å². The number of hydrogen-bond acceptors (Lipinski definition) is 3. The normalized spacial score (nSPS) is 16.1. The van der Waals surface area contributed by atoms with Crippen LogP contribution in [0.5, 0.6) is 0 Å². The number of ketones is 1. The second kappa shape index (κ2) is 12.9. The van der Waals surface area contributed by atoms with Gasteiger partial charge in [0.15, 0.2) is 0 Å². The van der Waals surface area contributed by atoms with Crippen LogP contribution >= 0.6 is 0 Å². The van der Waals surface area contributed by atoms with E-state index in [0.29, 0.717) is 17.7 Å². The molecule has 3 nitrogen and oxygen atoms in total. The molecule has 1 saturated heterocycles. The number of hydrogen-bond donors (Lipinski definition) is 1. The standard InChI is InChI=1S/C21H42N2O/c1-18(2)15-23-16-20(17-23)14-21(24)12-10-8-6-5-7-9-11-13-22-19(3)4/h18-20,22H,5-17H2,1-4H3. The summed E-state index contributed by atoms with van der Waals surface area (Å²) in [5, 5.41) is 3.47. The molecular weight excluding hydrogens is 296 g/mol. The van der Waals surface area contributed by atoms with E-state index >= 15 is 0 Å². The fraction of sp³-hybridized carbons (Fsp3) is 0.952. The lowest BCUT2D eigenvalue weighted by Gasteiger charge is -2.40. The Morgan fingerprint density at radius 3 is 2.12 bits per heavy atom. The minimum Gasteiger partial charge on any atom is -0.315 e. The first-order chi connectivity index (χ1) is 11.5. The number of likely N-dealkylation sites (tertiary alicyclic amines) is 1. The number of nitrogens with one attached hydrogen (secondary N) is 1. The van der Waals surface area contributed by atoms with E-state index < -0.39 is 0 Å². The highest BCUT2D eigenvalue weighted by molar-refractivity contribution is 5.78. The fourth-order valence-corrected chi connectivity index (χ4v) is 3.62. The van der Waals surface area contributed by atoms with Gasteiger partial charge in [-0.1, -0.05) is 59.8 Å². The van der Waals surface area contributed by atoms with Crippen LogP contribution in [0, 0.1) is 11.8 Å². The van der Waals surface area contributed by atoms with Gasteiger partial charge in [-0.2, -0.15) is 0 Å². The largest absolute Gasteiger partial charge is 0.315 e. The summed E-state index contributed by atoms with van der Waals surface area (Å²) in [6.07, 6.45) is 10.6. The number of carbonyl (C=O) groups excluding carboxylic acids is 1. The zero-order valence-electron chi connectivity index (χ0n) is 16.8. The van der Waals surface area contributed by atoms with E-state index in [-0.39, 0.29) is 0 Å². The molecule has 142 valence electrons. The van der Waals surface area contributed by atoms with E-state index in [4.69, 9.17) is 0 Å². The minimum absolute atomic E-state index is 0.504. The average Bonchev–Trinajstić information content (AvgIpc) is 2.46. The molecule has 3 heteroatoms. The van der Waals surface area contributed by atoms with Crippen molar-refractivity contribution in [3.05, 3.63) is 0 Å². The average molecular weight is 339 g/mol. The molecule has 0 radical (unpaired) electrons. The van der Waals surface area contributed by atoms with Gasteiger partial charge in [0, 0.05) is 38.5 Å². The van der Waals surface area contributed by atoms with Gasteiger partial charge in [0.25, 0.3) is 0 Å². The molecule has 1 aliphatic heterocycles. The summed E-state index contributed by atoms with van der Waals surface area (Å²) in [6, 6.07) is 0.612. The lowest BCUT2D eigenvalue weighted by molar-refractivity contribution is -0.121. The molecule has 1 fully saturated rings. The number of rotatable bonds is 15. The van der Waals surface area contributed by atoms with Crippen LogP contribution in [-0.2, 0) is 4.79 Å². The molecule has 0 aromatic rings. The lowest BCUT2D eigenvalue weighted by atomic mass is 9.91. The SMILES string of the molecule is CC(C)CN1CC(CC(=O)CCCCCCCCCNC(C)C)C1. The van der Waals surface area contributed by atoms with E-state index in [9.17, 15) is 4.79 Å². The third-order valence-corrected chi connectivity index (χ3v) is 4.86. The Hall–Kier alpha value is -0.410. The van der Waals surface area contributed by atoms with Crippen LogP contribution in [0.3, 0.4) is 0 Å². The first kappa shape index (κ1) is 21.6. The Bertz CT molecular complexity index is 322. The third-order valence-electron chi connectivity index (χ3n) is 4.86. The summed E-state index contributed by atoms with van der Waals surface area (Å²) in [5.41, 5.74) is 0. The Kier molecular flexibility index (Phi) is 11.6. The Morgan fingerprint density at radius 1 is 0.958 bits per heavy atom. The van der Waals surface area contributed by atoms with Gasteiger partial charge in [-0.25, -0.2) is 0 Å². The molecule has 1 N–H and O–H groups in total. The van der Waals surface area contributed by atoms with Crippen LogP contribution < -0.4 is 5.32 Å². The monoisotopic (exact) mass is 338 g/mol. The molecule has 0 atom stereocenters. The van der Waals surface area contributed by atoms with Crippen LogP contribution in [0.2, 0.25) is 0 Å². The second-order valence-electron chi connectivity index (χ2n) is 8.55. The predicted octanol–water partition coefficient (Wildman–Crippen LogP) is 4.65. The number of unbranched alkanes of at least 4 members (excludes halogenated alkanes) is 6. The van der Waals surface area contributed by atoms with Crippen molar-refractivity contribution in [1.29, 1.82) is 0 Å². The Morgan fingerprint density at radius 2 is 1.54 bits per heavy atom. The highest BCUT2D eigenvalue weighted by Crippen LogP contribution is 2.21.